The van der Waals surface area contributed by atoms with Crippen LogP contribution in [0.15, 0.2) is 48.0 Å². The smallest absolute Gasteiger partial charge is 0.146 e. The lowest BCUT2D eigenvalue weighted by atomic mass is 9.94. The largest absolute Gasteiger partial charge is 0.505 e. The zero-order valence-corrected chi connectivity index (χ0v) is 14.7. The summed E-state index contributed by atoms with van der Waals surface area (Å²) < 4.78 is 0. The van der Waals surface area contributed by atoms with Gasteiger partial charge in [0.25, 0.3) is 0 Å². The van der Waals surface area contributed by atoms with E-state index in [4.69, 9.17) is 0 Å². The molecule has 0 aliphatic carbocycles. The maximum Gasteiger partial charge on any atom is 0.146 e. The summed E-state index contributed by atoms with van der Waals surface area (Å²) in [7, 11) is 0. The van der Waals surface area contributed by atoms with Crippen molar-refractivity contribution >= 4 is 22.2 Å². The number of hydrogen-bond donors (Lipinski definition) is 1. The number of phenolic OH excluding ortho intramolecular Hbond substituents is 1. The van der Waals surface area contributed by atoms with E-state index in [1.165, 1.54) is 17.7 Å². The number of phenols is 1. The predicted molar refractivity (Wildman–Crippen MR) is 99.5 cm³/mol. The van der Waals surface area contributed by atoms with Crippen molar-refractivity contribution in [3.63, 3.8) is 0 Å². The van der Waals surface area contributed by atoms with Gasteiger partial charge in [-0.05, 0) is 49.4 Å². The number of benzene rings is 1. The zero-order valence-electron chi connectivity index (χ0n) is 13.9. The molecule has 1 N–H and O–H groups in total. The highest BCUT2D eigenvalue weighted by Gasteiger charge is 2.29. The van der Waals surface area contributed by atoms with Crippen LogP contribution in [-0.2, 0) is 0 Å². The molecule has 1 aliphatic heterocycles. The van der Waals surface area contributed by atoms with Crippen LogP contribution in [0.5, 0.6) is 5.75 Å². The highest BCUT2D eigenvalue weighted by atomic mass is 32.1. The van der Waals surface area contributed by atoms with Gasteiger partial charge in [0, 0.05) is 22.0 Å². The van der Waals surface area contributed by atoms with Gasteiger partial charge in [0.2, 0.25) is 0 Å². The van der Waals surface area contributed by atoms with E-state index in [2.05, 4.69) is 46.5 Å². The first-order valence-corrected chi connectivity index (χ1v) is 9.46. The Morgan fingerprint density at radius 1 is 1.17 bits per heavy atom. The quantitative estimate of drug-likeness (QED) is 0.743. The Balaban J connectivity index is 1.80. The van der Waals surface area contributed by atoms with Crippen LogP contribution in [-0.4, -0.2) is 28.1 Å². The van der Waals surface area contributed by atoms with Gasteiger partial charge in [0.15, 0.2) is 0 Å². The normalized spacial score (nSPS) is 18.0. The third-order valence-corrected chi connectivity index (χ3v) is 5.99. The van der Waals surface area contributed by atoms with Gasteiger partial charge in [0.05, 0.1) is 6.04 Å². The highest BCUT2D eigenvalue weighted by Crippen LogP contribution is 2.40. The van der Waals surface area contributed by atoms with Gasteiger partial charge >= 0.3 is 0 Å². The Hall–Kier alpha value is -1.91. The predicted octanol–water partition coefficient (Wildman–Crippen LogP) is 4.82. The Labute approximate surface area is 146 Å². The van der Waals surface area contributed by atoms with Crippen LogP contribution in [0.3, 0.4) is 0 Å². The summed E-state index contributed by atoms with van der Waals surface area (Å²) in [5.41, 5.74) is 1.67. The fourth-order valence-corrected chi connectivity index (χ4v) is 4.51. The lowest BCUT2D eigenvalue weighted by Gasteiger charge is -2.36. The molecule has 0 bridgehead atoms. The molecule has 24 heavy (non-hydrogen) atoms. The van der Waals surface area contributed by atoms with Gasteiger partial charge in [-0.3, -0.25) is 9.88 Å². The third kappa shape index (κ3) is 2.80. The van der Waals surface area contributed by atoms with Crippen LogP contribution in [0.2, 0.25) is 0 Å². The molecule has 1 saturated heterocycles. The molecule has 4 rings (SSSR count). The molecule has 1 aromatic carbocycles. The minimum atomic E-state index is 0.115. The van der Waals surface area contributed by atoms with Crippen LogP contribution in [0, 0.1) is 5.92 Å². The summed E-state index contributed by atoms with van der Waals surface area (Å²) in [6.45, 7) is 4.47. The summed E-state index contributed by atoms with van der Waals surface area (Å²) in [4.78, 5) is 8.19. The molecule has 0 spiro atoms. The Morgan fingerprint density at radius 3 is 2.75 bits per heavy atom. The van der Waals surface area contributed by atoms with Crippen molar-refractivity contribution in [2.24, 2.45) is 5.92 Å². The summed E-state index contributed by atoms with van der Waals surface area (Å²) in [6, 6.07) is 12.4. The van der Waals surface area contributed by atoms with Gasteiger partial charge in [-0.1, -0.05) is 31.2 Å². The van der Waals surface area contributed by atoms with Crippen molar-refractivity contribution in [1.82, 2.24) is 9.88 Å². The molecule has 0 unspecified atom stereocenters. The average molecular weight is 338 g/mol. The first-order chi connectivity index (χ1) is 11.7. The van der Waals surface area contributed by atoms with E-state index in [1.54, 1.807) is 17.5 Å². The molecule has 1 aliphatic rings. The van der Waals surface area contributed by atoms with Crippen molar-refractivity contribution in [2.75, 3.05) is 13.1 Å². The molecule has 3 nitrogen and oxygen atoms in total. The molecule has 0 radical (unpaired) electrons. The number of aromatic nitrogens is 1. The molecule has 3 aromatic rings. The molecular formula is C20H22N2OS. The number of nitrogens with zero attached hydrogens (tertiary/aromatic N) is 2. The number of pyridine rings is 1. The minimum absolute atomic E-state index is 0.115. The molecule has 0 saturated carbocycles. The van der Waals surface area contributed by atoms with Crippen molar-refractivity contribution in [3.8, 4) is 5.75 Å². The monoisotopic (exact) mass is 338 g/mol. The number of piperidine rings is 1. The Morgan fingerprint density at radius 2 is 2.00 bits per heavy atom. The molecule has 1 fully saturated rings. The van der Waals surface area contributed by atoms with E-state index >= 15 is 0 Å². The molecule has 3 heterocycles. The lowest BCUT2D eigenvalue weighted by Crippen LogP contribution is -2.36. The highest BCUT2D eigenvalue weighted by molar-refractivity contribution is 7.10. The van der Waals surface area contributed by atoms with E-state index < -0.39 is 0 Å². The van der Waals surface area contributed by atoms with E-state index in [9.17, 15) is 5.11 Å². The van der Waals surface area contributed by atoms with Crippen LogP contribution in [0.25, 0.3) is 10.9 Å². The first kappa shape index (κ1) is 15.6. The molecule has 1 atom stereocenters. The summed E-state index contributed by atoms with van der Waals surface area (Å²) in [5.74, 6) is 1.11. The van der Waals surface area contributed by atoms with E-state index in [1.807, 2.05) is 12.1 Å². The summed E-state index contributed by atoms with van der Waals surface area (Å²) in [6.07, 6.45) is 4.18. The SMILES string of the molecule is CC1CCN([C@@H](c2cccs2)c2ccc3cccnc3c2O)CC1. The molecule has 4 heteroatoms. The topological polar surface area (TPSA) is 36.4 Å². The zero-order chi connectivity index (χ0) is 16.5. The molecular weight excluding hydrogens is 316 g/mol. The summed E-state index contributed by atoms with van der Waals surface area (Å²) in [5, 5.41) is 14.0. The van der Waals surface area contributed by atoms with Crippen molar-refractivity contribution in [1.29, 1.82) is 0 Å². The lowest BCUT2D eigenvalue weighted by molar-refractivity contribution is 0.158. The number of rotatable bonds is 3. The second kappa shape index (κ2) is 6.54. The number of thiophene rings is 1. The fraction of sp³-hybridized carbons (Fsp3) is 0.350. The van der Waals surface area contributed by atoms with Crippen LogP contribution in [0.4, 0.5) is 0 Å². The number of aromatic hydroxyl groups is 1. The molecule has 0 amide bonds. The second-order valence-electron chi connectivity index (χ2n) is 6.71. The van der Waals surface area contributed by atoms with Crippen molar-refractivity contribution in [2.45, 2.75) is 25.8 Å². The molecule has 2 aromatic heterocycles. The maximum absolute atomic E-state index is 10.9. The van der Waals surface area contributed by atoms with Crippen LogP contribution in [0.1, 0.15) is 36.2 Å². The van der Waals surface area contributed by atoms with Crippen molar-refractivity contribution in [3.05, 3.63) is 58.4 Å². The molecule has 124 valence electrons. The van der Waals surface area contributed by atoms with Crippen molar-refractivity contribution < 1.29 is 5.11 Å². The van der Waals surface area contributed by atoms with Crippen LogP contribution >= 0.6 is 11.3 Å². The number of fused-ring (bicyclic) bond motifs is 1. The van der Waals surface area contributed by atoms with Gasteiger partial charge in [-0.2, -0.15) is 0 Å². The third-order valence-electron chi connectivity index (χ3n) is 5.07. The fourth-order valence-electron chi connectivity index (χ4n) is 3.63. The second-order valence-corrected chi connectivity index (χ2v) is 7.69. The number of hydrogen-bond acceptors (Lipinski definition) is 4. The standard InChI is InChI=1S/C20H22N2OS/c1-14-8-11-22(12-9-14)19(17-5-3-13-24-17)16-7-6-15-4-2-10-21-18(15)20(16)23/h2-7,10,13-14,19,23H,8-9,11-12H2,1H3/t19-/m1/s1. The average Bonchev–Trinajstić information content (AvgIpc) is 3.13. The number of likely N-dealkylation sites (tertiary alicyclic amines) is 1. The van der Waals surface area contributed by atoms with E-state index in [0.717, 1.165) is 30.0 Å². The summed E-state index contributed by atoms with van der Waals surface area (Å²) >= 11 is 1.76. The van der Waals surface area contributed by atoms with E-state index in [-0.39, 0.29) is 6.04 Å². The minimum Gasteiger partial charge on any atom is -0.505 e. The van der Waals surface area contributed by atoms with Crippen LogP contribution < -0.4 is 0 Å². The Bertz CT molecular complexity index is 823. The van der Waals surface area contributed by atoms with Gasteiger partial charge in [-0.25, -0.2) is 0 Å². The maximum atomic E-state index is 10.9. The van der Waals surface area contributed by atoms with Gasteiger partial charge in [0.1, 0.15) is 11.3 Å². The Kier molecular flexibility index (Phi) is 4.25. The van der Waals surface area contributed by atoms with Gasteiger partial charge < -0.3 is 5.11 Å². The van der Waals surface area contributed by atoms with E-state index in [0.29, 0.717) is 11.3 Å². The first-order valence-electron chi connectivity index (χ1n) is 8.58. The van der Waals surface area contributed by atoms with Gasteiger partial charge in [-0.15, -0.1) is 11.3 Å².